The number of hydrogen-bond acceptors (Lipinski definition) is 3. The first-order valence-corrected chi connectivity index (χ1v) is 7.96. The molecule has 0 saturated carbocycles. The van der Waals surface area contributed by atoms with Gasteiger partial charge >= 0.3 is 0 Å². The van der Waals surface area contributed by atoms with Crippen molar-refractivity contribution in [2.45, 2.75) is 39.3 Å². The summed E-state index contributed by atoms with van der Waals surface area (Å²) < 4.78 is 0. The Morgan fingerprint density at radius 1 is 1.35 bits per heavy atom. The quantitative estimate of drug-likeness (QED) is 0.896. The number of aryl methyl sites for hydroxylation is 1. The number of carbonyl (C=O) groups is 2. The summed E-state index contributed by atoms with van der Waals surface area (Å²) in [5, 5.41) is 9.83. The standard InChI is InChI=1S/C18H26N2O3/c1-13-5-7-14(8-6-13)10-20-11-15(9-16(20)21)17(22)19(4)12-18(2,3)23/h5-8,15,23H,9-12H2,1-4H3. The van der Waals surface area contributed by atoms with E-state index in [1.807, 2.05) is 31.2 Å². The van der Waals surface area contributed by atoms with Crippen molar-refractivity contribution in [3.05, 3.63) is 35.4 Å². The second-order valence-electron chi connectivity index (χ2n) is 7.17. The van der Waals surface area contributed by atoms with Crippen molar-refractivity contribution < 1.29 is 14.7 Å². The van der Waals surface area contributed by atoms with Crippen LogP contribution in [0.1, 0.15) is 31.4 Å². The third-order valence-electron chi connectivity index (χ3n) is 4.06. The lowest BCUT2D eigenvalue weighted by Crippen LogP contribution is -2.42. The number of nitrogens with zero attached hydrogens (tertiary/aromatic N) is 2. The normalized spacial score (nSPS) is 18.4. The molecule has 0 radical (unpaired) electrons. The second-order valence-corrected chi connectivity index (χ2v) is 7.17. The summed E-state index contributed by atoms with van der Waals surface area (Å²) in [7, 11) is 1.67. The van der Waals surface area contributed by atoms with Gasteiger partial charge in [0.2, 0.25) is 11.8 Å². The molecule has 1 aromatic carbocycles. The lowest BCUT2D eigenvalue weighted by Gasteiger charge is -2.27. The maximum absolute atomic E-state index is 12.4. The third kappa shape index (κ3) is 4.79. The van der Waals surface area contributed by atoms with Gasteiger partial charge in [-0.1, -0.05) is 29.8 Å². The van der Waals surface area contributed by atoms with Crippen LogP contribution in [0, 0.1) is 12.8 Å². The monoisotopic (exact) mass is 318 g/mol. The Bertz CT molecular complexity index is 575. The summed E-state index contributed by atoms with van der Waals surface area (Å²) in [5.74, 6) is -0.382. The molecule has 0 aromatic heterocycles. The van der Waals surface area contributed by atoms with Crippen molar-refractivity contribution in [2.75, 3.05) is 20.1 Å². The summed E-state index contributed by atoms with van der Waals surface area (Å²) in [6.45, 7) is 6.60. The van der Waals surface area contributed by atoms with Crippen LogP contribution in [0.4, 0.5) is 0 Å². The molecule has 2 amide bonds. The largest absolute Gasteiger partial charge is 0.389 e. The summed E-state index contributed by atoms with van der Waals surface area (Å²) in [5.41, 5.74) is 1.32. The molecule has 2 rings (SSSR count). The van der Waals surface area contributed by atoms with Crippen molar-refractivity contribution in [1.29, 1.82) is 0 Å². The maximum Gasteiger partial charge on any atom is 0.227 e. The van der Waals surface area contributed by atoms with Gasteiger partial charge in [0.1, 0.15) is 0 Å². The van der Waals surface area contributed by atoms with E-state index in [9.17, 15) is 14.7 Å². The van der Waals surface area contributed by atoms with Crippen LogP contribution >= 0.6 is 0 Å². The molecule has 5 nitrogen and oxygen atoms in total. The molecular weight excluding hydrogens is 292 g/mol. The zero-order valence-corrected chi connectivity index (χ0v) is 14.4. The molecule has 1 fully saturated rings. The van der Waals surface area contributed by atoms with Gasteiger partial charge in [-0.15, -0.1) is 0 Å². The predicted molar refractivity (Wildman–Crippen MR) is 88.6 cm³/mol. The predicted octanol–water partition coefficient (Wildman–Crippen LogP) is 1.57. The molecule has 126 valence electrons. The number of likely N-dealkylation sites (tertiary alicyclic amines) is 1. The van der Waals surface area contributed by atoms with Crippen LogP contribution in [-0.2, 0) is 16.1 Å². The molecule has 1 unspecified atom stereocenters. The lowest BCUT2D eigenvalue weighted by molar-refractivity contribution is -0.137. The molecular formula is C18H26N2O3. The molecule has 1 aliphatic heterocycles. The van der Waals surface area contributed by atoms with Crippen molar-refractivity contribution in [1.82, 2.24) is 9.80 Å². The molecule has 1 heterocycles. The van der Waals surface area contributed by atoms with Crippen molar-refractivity contribution >= 4 is 11.8 Å². The summed E-state index contributed by atoms with van der Waals surface area (Å²) >= 11 is 0. The molecule has 0 spiro atoms. The minimum Gasteiger partial charge on any atom is -0.389 e. The van der Waals surface area contributed by atoms with Crippen LogP contribution in [0.5, 0.6) is 0 Å². The highest BCUT2D eigenvalue weighted by Crippen LogP contribution is 2.22. The number of benzene rings is 1. The minimum absolute atomic E-state index is 0.0144. The zero-order chi connectivity index (χ0) is 17.2. The van der Waals surface area contributed by atoms with E-state index in [0.717, 1.165) is 5.56 Å². The van der Waals surface area contributed by atoms with Gasteiger partial charge in [0, 0.05) is 33.1 Å². The molecule has 0 aliphatic carbocycles. The average Bonchev–Trinajstić information content (AvgIpc) is 2.80. The Morgan fingerprint density at radius 2 is 1.96 bits per heavy atom. The first-order valence-electron chi connectivity index (χ1n) is 7.96. The van der Waals surface area contributed by atoms with Crippen LogP contribution in [0.2, 0.25) is 0 Å². The zero-order valence-electron chi connectivity index (χ0n) is 14.4. The van der Waals surface area contributed by atoms with Gasteiger partial charge in [-0.25, -0.2) is 0 Å². The smallest absolute Gasteiger partial charge is 0.227 e. The number of rotatable bonds is 5. The van der Waals surface area contributed by atoms with Crippen LogP contribution < -0.4 is 0 Å². The number of likely N-dealkylation sites (N-methyl/N-ethyl adjacent to an activating group) is 1. The van der Waals surface area contributed by atoms with Gasteiger partial charge in [-0.05, 0) is 26.3 Å². The summed E-state index contributed by atoms with van der Waals surface area (Å²) in [4.78, 5) is 27.9. The Morgan fingerprint density at radius 3 is 2.52 bits per heavy atom. The number of carbonyl (C=O) groups excluding carboxylic acids is 2. The molecule has 23 heavy (non-hydrogen) atoms. The Kier molecular flexibility index (Phi) is 5.09. The number of hydrogen-bond donors (Lipinski definition) is 1. The first kappa shape index (κ1) is 17.5. The van der Waals surface area contributed by atoms with Gasteiger partial charge in [-0.3, -0.25) is 9.59 Å². The molecule has 0 bridgehead atoms. The highest BCUT2D eigenvalue weighted by atomic mass is 16.3. The topological polar surface area (TPSA) is 60.9 Å². The molecule has 1 N–H and O–H groups in total. The Labute approximate surface area is 137 Å². The van der Waals surface area contributed by atoms with E-state index in [2.05, 4.69) is 0 Å². The van der Waals surface area contributed by atoms with Crippen LogP contribution in [0.3, 0.4) is 0 Å². The highest BCUT2D eigenvalue weighted by Gasteiger charge is 2.36. The van der Waals surface area contributed by atoms with E-state index in [1.54, 1.807) is 25.8 Å². The summed E-state index contributed by atoms with van der Waals surface area (Å²) in [6, 6.07) is 8.07. The third-order valence-corrected chi connectivity index (χ3v) is 4.06. The molecule has 1 saturated heterocycles. The van der Waals surface area contributed by atoms with E-state index in [4.69, 9.17) is 0 Å². The van der Waals surface area contributed by atoms with Crippen molar-refractivity contribution in [2.24, 2.45) is 5.92 Å². The molecule has 1 aliphatic rings. The number of aliphatic hydroxyl groups is 1. The molecule has 1 atom stereocenters. The molecule has 1 aromatic rings. The minimum atomic E-state index is -0.936. The van der Waals surface area contributed by atoms with Gasteiger partial charge < -0.3 is 14.9 Å². The first-order chi connectivity index (χ1) is 10.7. The van der Waals surface area contributed by atoms with E-state index in [-0.39, 0.29) is 30.7 Å². The van der Waals surface area contributed by atoms with E-state index in [1.165, 1.54) is 10.5 Å². The van der Waals surface area contributed by atoms with E-state index in [0.29, 0.717) is 13.1 Å². The average molecular weight is 318 g/mol. The van der Waals surface area contributed by atoms with Crippen LogP contribution in [0.15, 0.2) is 24.3 Å². The van der Waals surface area contributed by atoms with Gasteiger partial charge in [0.05, 0.1) is 11.5 Å². The van der Waals surface area contributed by atoms with Crippen LogP contribution in [-0.4, -0.2) is 52.5 Å². The SMILES string of the molecule is Cc1ccc(CN2CC(C(=O)N(C)CC(C)(C)O)CC2=O)cc1. The van der Waals surface area contributed by atoms with Crippen LogP contribution in [0.25, 0.3) is 0 Å². The van der Waals surface area contributed by atoms with Gasteiger partial charge in [0.25, 0.3) is 0 Å². The number of amides is 2. The van der Waals surface area contributed by atoms with Gasteiger partial charge in [0.15, 0.2) is 0 Å². The van der Waals surface area contributed by atoms with E-state index < -0.39 is 5.60 Å². The fourth-order valence-electron chi connectivity index (χ4n) is 2.97. The maximum atomic E-state index is 12.4. The van der Waals surface area contributed by atoms with Crippen molar-refractivity contribution in [3.8, 4) is 0 Å². The fraction of sp³-hybridized carbons (Fsp3) is 0.556. The molecule has 5 heteroatoms. The Hall–Kier alpha value is -1.88. The summed E-state index contributed by atoms with van der Waals surface area (Å²) in [6.07, 6.45) is 0.251. The second kappa shape index (κ2) is 6.71. The lowest BCUT2D eigenvalue weighted by atomic mass is 10.1. The van der Waals surface area contributed by atoms with E-state index >= 15 is 0 Å². The van der Waals surface area contributed by atoms with Gasteiger partial charge in [-0.2, -0.15) is 0 Å². The van der Waals surface area contributed by atoms with Crippen molar-refractivity contribution in [3.63, 3.8) is 0 Å². The highest BCUT2D eigenvalue weighted by molar-refractivity contribution is 5.89. The Balaban J connectivity index is 1.96. The fourth-order valence-corrected chi connectivity index (χ4v) is 2.97.